The predicted molar refractivity (Wildman–Crippen MR) is 139 cm³/mol. The minimum Gasteiger partial charge on any atom is -0.382 e. The van der Waals surface area contributed by atoms with Crippen LogP contribution in [0.5, 0.6) is 0 Å². The summed E-state index contributed by atoms with van der Waals surface area (Å²) in [5.41, 5.74) is 0.828. The summed E-state index contributed by atoms with van der Waals surface area (Å²) in [5.74, 6) is -1.87. The van der Waals surface area contributed by atoms with Gasteiger partial charge in [0.05, 0.1) is 44.0 Å². The van der Waals surface area contributed by atoms with Gasteiger partial charge >= 0.3 is 0 Å². The maximum atomic E-state index is 13.2. The molecule has 1 unspecified atom stereocenters. The fraction of sp³-hybridized carbons (Fsp3) is 0.538. The minimum absolute atomic E-state index is 0.00182. The number of piperazine rings is 1. The zero-order valence-electron chi connectivity index (χ0n) is 22.1. The smallest absolute Gasteiger partial charge is 0.264 e. The highest BCUT2D eigenvalue weighted by molar-refractivity contribution is 6.25. The molecule has 0 saturated carbocycles. The highest BCUT2D eigenvalue weighted by Gasteiger charge is 2.43. The van der Waals surface area contributed by atoms with Gasteiger partial charge in [-0.25, -0.2) is 0 Å². The Kier molecular flexibility index (Phi) is 11.4. The summed E-state index contributed by atoms with van der Waals surface area (Å²) in [6.07, 6.45) is 2.06. The molecule has 13 nitrogen and oxygen atoms in total. The van der Waals surface area contributed by atoms with E-state index in [0.29, 0.717) is 64.7 Å². The van der Waals surface area contributed by atoms with E-state index >= 15 is 0 Å². The molecule has 6 amide bonds. The first-order valence-corrected chi connectivity index (χ1v) is 13.0. The number of hydrogen-bond acceptors (Lipinski definition) is 9. The number of anilines is 1. The predicted octanol–water partition coefficient (Wildman–Crippen LogP) is -0.140. The van der Waals surface area contributed by atoms with Crippen LogP contribution in [0.15, 0.2) is 18.2 Å². The van der Waals surface area contributed by atoms with E-state index in [1.165, 1.54) is 6.07 Å². The molecule has 0 bridgehead atoms. The van der Waals surface area contributed by atoms with Gasteiger partial charge in [0.25, 0.3) is 11.8 Å². The third-order valence-corrected chi connectivity index (χ3v) is 6.53. The molecular weight excluding hydrogens is 510 g/mol. The zero-order chi connectivity index (χ0) is 28.2. The standard InChI is InChI=1S/C26H35N5O8/c1-2-4-21(24(35)28-17-32)31-25(36)19-5-3-6-20(23(19)26(31)37)27-8-14-39-16-15-38-13-7-22(34)30-11-9-29(18-33)10-12-30/h3,5-6,17-18,21,27H,2,4,7-16H2,1H3,(H,28,32,35). The van der Waals surface area contributed by atoms with Crippen molar-refractivity contribution in [1.29, 1.82) is 0 Å². The number of imide groups is 2. The highest BCUT2D eigenvalue weighted by Crippen LogP contribution is 2.31. The lowest BCUT2D eigenvalue weighted by atomic mass is 10.1. The first kappa shape index (κ1) is 29.7. The fourth-order valence-electron chi connectivity index (χ4n) is 4.51. The second-order valence-corrected chi connectivity index (χ2v) is 9.06. The zero-order valence-corrected chi connectivity index (χ0v) is 22.1. The number of amides is 6. The fourth-order valence-corrected chi connectivity index (χ4v) is 4.51. The summed E-state index contributed by atoms with van der Waals surface area (Å²) in [5, 5.41) is 5.15. The number of hydrogen-bond donors (Lipinski definition) is 2. The molecule has 1 aromatic carbocycles. The number of fused-ring (bicyclic) bond motifs is 1. The topological polar surface area (TPSA) is 155 Å². The SMILES string of the molecule is CCCC(C(=O)NC=O)N1C(=O)c2cccc(NCCOCCOCCC(=O)N3CCN(C=O)CC3)c2C1=O. The first-order chi connectivity index (χ1) is 18.9. The van der Waals surface area contributed by atoms with Crippen LogP contribution >= 0.6 is 0 Å². The molecule has 2 aliphatic heterocycles. The van der Waals surface area contributed by atoms with Crippen LogP contribution in [0.4, 0.5) is 5.69 Å². The minimum atomic E-state index is -1.08. The van der Waals surface area contributed by atoms with Crippen molar-refractivity contribution >= 4 is 42.1 Å². The Morgan fingerprint density at radius 3 is 2.38 bits per heavy atom. The molecule has 0 aromatic heterocycles. The molecule has 2 heterocycles. The lowest BCUT2D eigenvalue weighted by molar-refractivity contribution is -0.136. The maximum absolute atomic E-state index is 13.2. The van der Waals surface area contributed by atoms with Crippen LogP contribution in [-0.4, -0.2) is 116 Å². The quantitative estimate of drug-likeness (QED) is 0.164. The van der Waals surface area contributed by atoms with Crippen molar-refractivity contribution in [2.45, 2.75) is 32.2 Å². The van der Waals surface area contributed by atoms with Crippen LogP contribution in [0.25, 0.3) is 0 Å². The molecule has 1 saturated heterocycles. The summed E-state index contributed by atoms with van der Waals surface area (Å²) in [7, 11) is 0. The Balaban J connectivity index is 1.38. The molecule has 0 spiro atoms. The second kappa shape index (κ2) is 14.9. The molecular formula is C26H35N5O8. The summed E-state index contributed by atoms with van der Waals surface area (Å²) >= 11 is 0. The highest BCUT2D eigenvalue weighted by atomic mass is 16.5. The van der Waals surface area contributed by atoms with E-state index in [1.807, 2.05) is 12.2 Å². The third-order valence-electron chi connectivity index (χ3n) is 6.53. The van der Waals surface area contributed by atoms with Gasteiger partial charge in [-0.1, -0.05) is 19.4 Å². The molecule has 0 aliphatic carbocycles. The molecule has 0 radical (unpaired) electrons. The van der Waals surface area contributed by atoms with Gasteiger partial charge in [-0.2, -0.15) is 0 Å². The Labute approximate surface area is 226 Å². The molecule has 2 aliphatic rings. The molecule has 3 rings (SSSR count). The van der Waals surface area contributed by atoms with E-state index in [9.17, 15) is 28.8 Å². The van der Waals surface area contributed by atoms with Crippen LogP contribution in [0.3, 0.4) is 0 Å². The van der Waals surface area contributed by atoms with Gasteiger partial charge in [0, 0.05) is 38.4 Å². The molecule has 1 aromatic rings. The largest absolute Gasteiger partial charge is 0.382 e. The molecule has 212 valence electrons. The average molecular weight is 546 g/mol. The van der Waals surface area contributed by atoms with Gasteiger partial charge in [-0.15, -0.1) is 0 Å². The van der Waals surface area contributed by atoms with Crippen molar-refractivity contribution in [1.82, 2.24) is 20.0 Å². The van der Waals surface area contributed by atoms with E-state index < -0.39 is 23.8 Å². The Morgan fingerprint density at radius 1 is 1.00 bits per heavy atom. The van der Waals surface area contributed by atoms with Crippen molar-refractivity contribution in [3.05, 3.63) is 29.3 Å². The molecule has 39 heavy (non-hydrogen) atoms. The summed E-state index contributed by atoms with van der Waals surface area (Å²) in [4.78, 5) is 76.5. The van der Waals surface area contributed by atoms with Crippen LogP contribution in [0, 0.1) is 0 Å². The van der Waals surface area contributed by atoms with Gasteiger partial charge in [0.2, 0.25) is 24.6 Å². The van der Waals surface area contributed by atoms with Gasteiger partial charge in [-0.05, 0) is 18.6 Å². The molecule has 1 fully saturated rings. The van der Waals surface area contributed by atoms with Crippen molar-refractivity contribution < 1.29 is 38.2 Å². The Bertz CT molecular complexity index is 1060. The van der Waals surface area contributed by atoms with E-state index in [2.05, 4.69) is 5.32 Å². The van der Waals surface area contributed by atoms with Gasteiger partial charge in [-0.3, -0.25) is 39.0 Å². The molecule has 1 atom stereocenters. The summed E-state index contributed by atoms with van der Waals surface area (Å²) < 4.78 is 11.0. The van der Waals surface area contributed by atoms with E-state index in [1.54, 1.807) is 21.9 Å². The Hall–Kier alpha value is -3.84. The third kappa shape index (κ3) is 7.60. The van der Waals surface area contributed by atoms with Crippen molar-refractivity contribution in [3.8, 4) is 0 Å². The van der Waals surface area contributed by atoms with Crippen molar-refractivity contribution in [2.75, 3.05) is 64.5 Å². The summed E-state index contributed by atoms with van der Waals surface area (Å²) in [6, 6.07) is 3.78. The van der Waals surface area contributed by atoms with E-state index in [4.69, 9.17) is 9.47 Å². The van der Waals surface area contributed by atoms with Crippen LogP contribution in [0.2, 0.25) is 0 Å². The van der Waals surface area contributed by atoms with Gasteiger partial charge in [0.1, 0.15) is 6.04 Å². The first-order valence-electron chi connectivity index (χ1n) is 13.0. The average Bonchev–Trinajstić information content (AvgIpc) is 3.20. The van der Waals surface area contributed by atoms with E-state index in [-0.39, 0.29) is 42.9 Å². The number of carbonyl (C=O) groups is 6. The van der Waals surface area contributed by atoms with Gasteiger partial charge < -0.3 is 24.6 Å². The summed E-state index contributed by atoms with van der Waals surface area (Å²) in [6.45, 7) is 5.54. The van der Waals surface area contributed by atoms with Gasteiger partial charge in [0.15, 0.2) is 0 Å². The van der Waals surface area contributed by atoms with Crippen LogP contribution in [-0.2, 0) is 28.7 Å². The number of nitrogens with one attached hydrogen (secondary N) is 2. The number of carbonyl (C=O) groups excluding carboxylic acids is 6. The van der Waals surface area contributed by atoms with Crippen LogP contribution in [0.1, 0.15) is 46.9 Å². The molecule has 2 N–H and O–H groups in total. The number of ether oxygens (including phenoxy) is 2. The van der Waals surface area contributed by atoms with Crippen LogP contribution < -0.4 is 10.6 Å². The number of benzene rings is 1. The van der Waals surface area contributed by atoms with Crippen molar-refractivity contribution in [2.24, 2.45) is 0 Å². The van der Waals surface area contributed by atoms with E-state index in [0.717, 1.165) is 11.3 Å². The Morgan fingerprint density at radius 2 is 1.72 bits per heavy atom. The maximum Gasteiger partial charge on any atom is 0.264 e. The molecule has 13 heteroatoms. The monoisotopic (exact) mass is 545 g/mol. The van der Waals surface area contributed by atoms with Crippen molar-refractivity contribution in [3.63, 3.8) is 0 Å². The lowest BCUT2D eigenvalue weighted by Crippen LogP contribution is -2.49. The normalized spacial score (nSPS) is 15.7. The second-order valence-electron chi connectivity index (χ2n) is 9.06. The lowest BCUT2D eigenvalue weighted by Gasteiger charge is -2.32. The number of rotatable bonds is 16. The number of nitrogens with zero attached hydrogens (tertiary/aromatic N) is 3.